The molecule has 1 amide bonds. The summed E-state index contributed by atoms with van der Waals surface area (Å²) in [6.07, 6.45) is -1.89. The van der Waals surface area contributed by atoms with Crippen molar-refractivity contribution >= 4 is 16.9 Å². The molecule has 8 heteroatoms. The Bertz CT molecular complexity index is 917. The number of halogens is 3. The van der Waals surface area contributed by atoms with Gasteiger partial charge in [-0.1, -0.05) is 13.8 Å². The van der Waals surface area contributed by atoms with Crippen LogP contribution in [-0.4, -0.2) is 32.6 Å². The Morgan fingerprint density at radius 3 is 2.63 bits per heavy atom. The number of H-pyrrole nitrogens is 1. The summed E-state index contributed by atoms with van der Waals surface area (Å²) in [5.74, 6) is -0.0463. The summed E-state index contributed by atoms with van der Waals surface area (Å²) in [6, 6.07) is 1.62. The normalized spacial score (nSPS) is 32.2. The van der Waals surface area contributed by atoms with E-state index in [4.69, 9.17) is 0 Å². The van der Waals surface area contributed by atoms with E-state index in [-0.39, 0.29) is 28.1 Å². The van der Waals surface area contributed by atoms with Crippen molar-refractivity contribution < 1.29 is 23.1 Å². The molecule has 5 nitrogen and oxygen atoms in total. The van der Waals surface area contributed by atoms with Gasteiger partial charge < -0.3 is 15.4 Å². The molecule has 0 aromatic carbocycles. The number of carbonyl (C=O) groups is 1. The number of carbonyl (C=O) groups excluding carboxylic acids is 1. The van der Waals surface area contributed by atoms with Crippen LogP contribution in [0.2, 0.25) is 0 Å². The van der Waals surface area contributed by atoms with Crippen LogP contribution in [0.15, 0.2) is 18.3 Å². The molecule has 2 aromatic rings. The molecule has 0 spiro atoms. The van der Waals surface area contributed by atoms with Crippen LogP contribution in [0.1, 0.15) is 49.7 Å². The van der Waals surface area contributed by atoms with Crippen LogP contribution < -0.4 is 5.32 Å². The SMILES string of the molecule is CC1(C)[C@H]2C[C@H](NC(=O)c3cc4c(C(F)(F)F)ccnc4[nH]3)[C@](C)(O)[C@@H]1C2. The number of aromatic amines is 1. The number of rotatable bonds is 2. The fraction of sp³-hybridized carbons (Fsp3) is 0.579. The molecule has 3 aliphatic carbocycles. The van der Waals surface area contributed by atoms with Gasteiger partial charge >= 0.3 is 6.18 Å². The fourth-order valence-electron chi connectivity index (χ4n) is 5.01. The Hall–Kier alpha value is -2.09. The highest BCUT2D eigenvalue weighted by Crippen LogP contribution is 2.62. The molecule has 5 rings (SSSR count). The van der Waals surface area contributed by atoms with Gasteiger partial charge in [-0.3, -0.25) is 4.79 Å². The zero-order chi connectivity index (χ0) is 19.8. The topological polar surface area (TPSA) is 78.0 Å². The molecule has 146 valence electrons. The van der Waals surface area contributed by atoms with Crippen molar-refractivity contribution in [1.82, 2.24) is 15.3 Å². The Morgan fingerprint density at radius 2 is 2.04 bits per heavy atom. The maximum absolute atomic E-state index is 13.1. The average molecular weight is 381 g/mol. The average Bonchev–Trinajstić information content (AvgIpc) is 2.98. The molecule has 2 bridgehead atoms. The first-order chi connectivity index (χ1) is 12.4. The van der Waals surface area contributed by atoms with Crippen molar-refractivity contribution in [3.8, 4) is 0 Å². The van der Waals surface area contributed by atoms with E-state index in [1.54, 1.807) is 6.92 Å². The predicted octanol–water partition coefficient (Wildman–Crippen LogP) is 3.50. The molecule has 27 heavy (non-hydrogen) atoms. The van der Waals surface area contributed by atoms with Crippen molar-refractivity contribution in [1.29, 1.82) is 0 Å². The number of aliphatic hydroxyl groups is 1. The van der Waals surface area contributed by atoms with Gasteiger partial charge in [-0.25, -0.2) is 4.98 Å². The lowest BCUT2D eigenvalue weighted by Gasteiger charge is -2.65. The van der Waals surface area contributed by atoms with Crippen LogP contribution in [0.3, 0.4) is 0 Å². The highest BCUT2D eigenvalue weighted by Gasteiger charge is 2.63. The van der Waals surface area contributed by atoms with Gasteiger partial charge in [0, 0.05) is 11.6 Å². The Kier molecular flexibility index (Phi) is 3.70. The smallest absolute Gasteiger partial charge is 0.388 e. The Labute approximate surface area is 154 Å². The van der Waals surface area contributed by atoms with E-state index in [1.165, 1.54) is 6.07 Å². The molecule has 3 N–H and O–H groups in total. The number of aromatic nitrogens is 2. The molecule has 0 unspecified atom stereocenters. The number of hydrogen-bond donors (Lipinski definition) is 3. The second kappa shape index (κ2) is 5.47. The van der Waals surface area contributed by atoms with Crippen molar-refractivity contribution in [3.05, 3.63) is 29.6 Å². The summed E-state index contributed by atoms with van der Waals surface area (Å²) in [5, 5.41) is 13.6. The maximum Gasteiger partial charge on any atom is 0.417 e. The van der Waals surface area contributed by atoms with Crippen molar-refractivity contribution in [3.63, 3.8) is 0 Å². The number of amides is 1. The minimum atomic E-state index is -4.53. The van der Waals surface area contributed by atoms with Crippen LogP contribution in [0.5, 0.6) is 0 Å². The quantitative estimate of drug-likeness (QED) is 0.745. The van der Waals surface area contributed by atoms with Crippen molar-refractivity contribution in [2.75, 3.05) is 0 Å². The molecule has 3 aliphatic rings. The Balaban J connectivity index is 1.59. The number of pyridine rings is 1. The van der Waals surface area contributed by atoms with Crippen LogP contribution >= 0.6 is 0 Å². The summed E-state index contributed by atoms with van der Waals surface area (Å²) < 4.78 is 39.4. The monoisotopic (exact) mass is 381 g/mol. The molecule has 4 atom stereocenters. The largest absolute Gasteiger partial charge is 0.417 e. The summed E-state index contributed by atoms with van der Waals surface area (Å²) >= 11 is 0. The first-order valence-corrected chi connectivity index (χ1v) is 9.00. The number of hydrogen-bond acceptors (Lipinski definition) is 3. The van der Waals surface area contributed by atoms with Gasteiger partial charge in [0.1, 0.15) is 11.3 Å². The molecule has 0 aliphatic heterocycles. The molecule has 3 fully saturated rings. The van der Waals surface area contributed by atoms with Gasteiger partial charge in [-0.05, 0) is 49.1 Å². The Morgan fingerprint density at radius 1 is 1.33 bits per heavy atom. The van der Waals surface area contributed by atoms with E-state index in [1.807, 2.05) is 0 Å². The lowest BCUT2D eigenvalue weighted by molar-refractivity contribution is -0.207. The van der Waals surface area contributed by atoms with Crippen LogP contribution in [0.25, 0.3) is 11.0 Å². The number of fused-ring (bicyclic) bond motifs is 3. The summed E-state index contributed by atoms with van der Waals surface area (Å²) in [6.45, 7) is 5.98. The van der Waals surface area contributed by atoms with Gasteiger partial charge in [-0.2, -0.15) is 13.2 Å². The third-order valence-corrected chi connectivity index (χ3v) is 6.79. The summed E-state index contributed by atoms with van der Waals surface area (Å²) in [4.78, 5) is 19.2. The molecule has 3 saturated carbocycles. The first-order valence-electron chi connectivity index (χ1n) is 9.00. The first kappa shape index (κ1) is 18.3. The van der Waals surface area contributed by atoms with Gasteiger partial charge in [-0.15, -0.1) is 0 Å². The minimum Gasteiger partial charge on any atom is -0.388 e. The number of nitrogens with one attached hydrogen (secondary N) is 2. The van der Waals surface area contributed by atoms with Crippen molar-refractivity contribution in [2.24, 2.45) is 17.3 Å². The van der Waals surface area contributed by atoms with Gasteiger partial charge in [0.2, 0.25) is 0 Å². The van der Waals surface area contributed by atoms with Crippen LogP contribution in [-0.2, 0) is 6.18 Å². The number of alkyl halides is 3. The molecule has 0 saturated heterocycles. The zero-order valence-electron chi connectivity index (χ0n) is 15.3. The predicted molar refractivity (Wildman–Crippen MR) is 93.0 cm³/mol. The third-order valence-electron chi connectivity index (χ3n) is 6.79. The van der Waals surface area contributed by atoms with E-state index in [0.29, 0.717) is 12.3 Å². The minimum absolute atomic E-state index is 0.00325. The second-order valence-electron chi connectivity index (χ2n) is 8.60. The molecular weight excluding hydrogens is 359 g/mol. The van der Waals surface area contributed by atoms with E-state index < -0.39 is 29.3 Å². The highest BCUT2D eigenvalue weighted by atomic mass is 19.4. The van der Waals surface area contributed by atoms with Gasteiger partial charge in [0.15, 0.2) is 0 Å². The van der Waals surface area contributed by atoms with E-state index in [0.717, 1.165) is 18.7 Å². The highest BCUT2D eigenvalue weighted by molar-refractivity contribution is 5.98. The lowest BCUT2D eigenvalue weighted by atomic mass is 9.43. The summed E-state index contributed by atoms with van der Waals surface area (Å²) in [5.41, 5.74) is -1.86. The third kappa shape index (κ3) is 2.64. The second-order valence-corrected chi connectivity index (χ2v) is 8.60. The van der Waals surface area contributed by atoms with Gasteiger partial charge in [0.05, 0.1) is 17.2 Å². The molecule has 2 aromatic heterocycles. The van der Waals surface area contributed by atoms with Crippen molar-refractivity contribution in [2.45, 2.75) is 51.4 Å². The molecule has 0 radical (unpaired) electrons. The van der Waals surface area contributed by atoms with Crippen LogP contribution in [0, 0.1) is 17.3 Å². The van der Waals surface area contributed by atoms with E-state index in [2.05, 4.69) is 29.1 Å². The number of nitrogens with zero attached hydrogens (tertiary/aromatic N) is 1. The fourth-order valence-corrected chi connectivity index (χ4v) is 5.01. The lowest BCUT2D eigenvalue weighted by Crippen LogP contribution is -2.70. The van der Waals surface area contributed by atoms with E-state index in [9.17, 15) is 23.1 Å². The van der Waals surface area contributed by atoms with E-state index >= 15 is 0 Å². The van der Waals surface area contributed by atoms with Crippen LogP contribution in [0.4, 0.5) is 13.2 Å². The maximum atomic E-state index is 13.1. The molecular formula is C19H22F3N3O2. The van der Waals surface area contributed by atoms with Gasteiger partial charge in [0.25, 0.3) is 5.91 Å². The summed E-state index contributed by atoms with van der Waals surface area (Å²) in [7, 11) is 0. The molecule has 2 heterocycles. The zero-order valence-corrected chi connectivity index (χ0v) is 15.3. The standard InChI is InChI=1S/C19H22F3N3O2/c1-17(2)9-6-13(17)18(3,27)14(7-9)25-16(26)12-8-10-11(19(20,21)22)4-5-23-15(10)24-12/h4-5,8-9,13-14,27H,6-7H2,1-3H3,(H,23,24)(H,25,26)/t9-,13-,14+,18-/m1/s1.